The number of nitrogens with one attached hydrogen (secondary N) is 1. The molecule has 1 heterocycles. The monoisotopic (exact) mass is 295 g/mol. The SMILES string of the molecule is Cc1ccc([N+](=O)[O-])c(Oc2nc(NN)ncc2Cl)c1. The smallest absolute Gasteiger partial charge is 0.311 e. The number of nitro groups is 1. The molecular formula is C11H10ClN5O3. The molecule has 0 aliphatic heterocycles. The Balaban J connectivity index is 2.43. The van der Waals surface area contributed by atoms with Gasteiger partial charge >= 0.3 is 5.69 Å². The van der Waals surface area contributed by atoms with Crippen LogP contribution in [0.25, 0.3) is 0 Å². The quantitative estimate of drug-likeness (QED) is 0.505. The van der Waals surface area contributed by atoms with Crippen molar-refractivity contribution in [3.63, 3.8) is 0 Å². The van der Waals surface area contributed by atoms with Gasteiger partial charge in [0.05, 0.1) is 11.1 Å². The van der Waals surface area contributed by atoms with Crippen LogP contribution in [0.15, 0.2) is 24.4 Å². The third-order valence-electron chi connectivity index (χ3n) is 2.36. The van der Waals surface area contributed by atoms with Crippen molar-refractivity contribution in [2.45, 2.75) is 6.92 Å². The number of nitro benzene ring substituents is 1. The first kappa shape index (κ1) is 14.0. The molecule has 2 aromatic rings. The van der Waals surface area contributed by atoms with Crippen molar-refractivity contribution in [3.8, 4) is 11.6 Å². The van der Waals surface area contributed by atoms with Crippen LogP contribution in [0.5, 0.6) is 11.6 Å². The van der Waals surface area contributed by atoms with Gasteiger partial charge in [0.25, 0.3) is 0 Å². The molecule has 0 bridgehead atoms. The van der Waals surface area contributed by atoms with E-state index in [4.69, 9.17) is 22.2 Å². The van der Waals surface area contributed by atoms with Crippen molar-refractivity contribution >= 4 is 23.2 Å². The largest absolute Gasteiger partial charge is 0.430 e. The maximum atomic E-state index is 11.0. The number of nitrogen functional groups attached to an aromatic ring is 1. The predicted octanol–water partition coefficient (Wildman–Crippen LogP) is 2.42. The molecule has 20 heavy (non-hydrogen) atoms. The summed E-state index contributed by atoms with van der Waals surface area (Å²) in [5, 5.41) is 11.1. The Hall–Kier alpha value is -2.45. The summed E-state index contributed by atoms with van der Waals surface area (Å²) in [6.45, 7) is 1.78. The fraction of sp³-hybridized carbons (Fsp3) is 0.0909. The topological polar surface area (TPSA) is 116 Å². The number of anilines is 1. The van der Waals surface area contributed by atoms with Gasteiger partial charge in [0, 0.05) is 6.07 Å². The number of aryl methyl sites for hydroxylation is 1. The van der Waals surface area contributed by atoms with Gasteiger partial charge in [0.1, 0.15) is 5.02 Å². The minimum atomic E-state index is -0.550. The molecule has 9 heteroatoms. The Morgan fingerprint density at radius 1 is 1.50 bits per heavy atom. The summed E-state index contributed by atoms with van der Waals surface area (Å²) in [7, 11) is 0. The summed E-state index contributed by atoms with van der Waals surface area (Å²) < 4.78 is 5.40. The molecule has 104 valence electrons. The number of nitrogens with zero attached hydrogens (tertiary/aromatic N) is 3. The number of halogens is 1. The van der Waals surface area contributed by atoms with Gasteiger partial charge in [0.2, 0.25) is 17.6 Å². The standard InChI is InChI=1S/C11H10ClN5O3/c1-6-2-3-8(17(18)19)9(4-6)20-10-7(12)5-14-11(15-10)16-13/h2-5H,13H2,1H3,(H,14,15,16). The zero-order chi connectivity index (χ0) is 14.7. The fourth-order valence-electron chi connectivity index (χ4n) is 1.45. The van der Waals surface area contributed by atoms with Crippen LogP contribution in [-0.2, 0) is 0 Å². The van der Waals surface area contributed by atoms with Gasteiger partial charge in [-0.05, 0) is 18.6 Å². The van der Waals surface area contributed by atoms with Gasteiger partial charge in [-0.1, -0.05) is 17.7 Å². The molecule has 0 amide bonds. The number of hydrogen-bond donors (Lipinski definition) is 2. The minimum absolute atomic E-state index is 0.0247. The summed E-state index contributed by atoms with van der Waals surface area (Å²) in [6.07, 6.45) is 1.28. The van der Waals surface area contributed by atoms with Crippen molar-refractivity contribution in [3.05, 3.63) is 45.1 Å². The highest BCUT2D eigenvalue weighted by atomic mass is 35.5. The predicted molar refractivity (Wildman–Crippen MR) is 72.8 cm³/mol. The van der Waals surface area contributed by atoms with Crippen LogP contribution >= 0.6 is 11.6 Å². The highest BCUT2D eigenvalue weighted by molar-refractivity contribution is 6.31. The minimum Gasteiger partial charge on any atom is -0.430 e. The molecule has 0 fully saturated rings. The zero-order valence-electron chi connectivity index (χ0n) is 10.3. The van der Waals surface area contributed by atoms with Crippen LogP contribution in [0.3, 0.4) is 0 Å². The van der Waals surface area contributed by atoms with Crippen molar-refractivity contribution in [2.24, 2.45) is 5.84 Å². The first-order chi connectivity index (χ1) is 9.51. The van der Waals surface area contributed by atoms with E-state index < -0.39 is 4.92 Å². The molecule has 0 radical (unpaired) electrons. The third-order valence-corrected chi connectivity index (χ3v) is 2.62. The molecule has 0 unspecified atom stereocenters. The number of hydrazine groups is 1. The van der Waals surface area contributed by atoms with Crippen LogP contribution in [0.1, 0.15) is 5.56 Å². The maximum Gasteiger partial charge on any atom is 0.311 e. The fourth-order valence-corrected chi connectivity index (χ4v) is 1.58. The number of ether oxygens (including phenoxy) is 1. The van der Waals surface area contributed by atoms with Gasteiger partial charge in [0.15, 0.2) is 0 Å². The maximum absolute atomic E-state index is 11.0. The van der Waals surface area contributed by atoms with Gasteiger partial charge < -0.3 is 4.74 Å². The van der Waals surface area contributed by atoms with E-state index >= 15 is 0 Å². The number of aromatic nitrogens is 2. The van der Waals surface area contributed by atoms with Gasteiger partial charge in [-0.2, -0.15) is 4.98 Å². The van der Waals surface area contributed by atoms with Crippen LogP contribution < -0.4 is 16.0 Å². The van der Waals surface area contributed by atoms with Crippen molar-refractivity contribution in [1.82, 2.24) is 9.97 Å². The lowest BCUT2D eigenvalue weighted by atomic mass is 10.2. The Bertz CT molecular complexity index is 665. The lowest BCUT2D eigenvalue weighted by Gasteiger charge is -2.08. The molecule has 0 aliphatic rings. The second-order valence-corrected chi connectivity index (χ2v) is 4.23. The normalized spacial score (nSPS) is 10.2. The average Bonchev–Trinajstić information content (AvgIpc) is 2.41. The van der Waals surface area contributed by atoms with Crippen LogP contribution in [0.2, 0.25) is 5.02 Å². The van der Waals surface area contributed by atoms with Crippen LogP contribution in [0.4, 0.5) is 11.6 Å². The Morgan fingerprint density at radius 3 is 2.90 bits per heavy atom. The molecule has 0 spiro atoms. The van der Waals surface area contributed by atoms with Gasteiger partial charge in [-0.25, -0.2) is 10.8 Å². The molecular weight excluding hydrogens is 286 g/mol. The van der Waals surface area contributed by atoms with E-state index in [1.54, 1.807) is 13.0 Å². The molecule has 2 rings (SSSR count). The lowest BCUT2D eigenvalue weighted by Crippen LogP contribution is -2.10. The second-order valence-electron chi connectivity index (χ2n) is 3.82. The molecule has 1 aromatic carbocycles. The summed E-state index contributed by atoms with van der Waals surface area (Å²) in [4.78, 5) is 18.1. The highest BCUT2D eigenvalue weighted by Gasteiger charge is 2.18. The number of nitrogens with two attached hydrogens (primary N) is 1. The molecule has 8 nitrogen and oxygen atoms in total. The van der Waals surface area contributed by atoms with E-state index in [1.807, 2.05) is 0 Å². The summed E-state index contributed by atoms with van der Waals surface area (Å²) in [5.41, 5.74) is 2.85. The van der Waals surface area contributed by atoms with Crippen molar-refractivity contribution in [1.29, 1.82) is 0 Å². The van der Waals surface area contributed by atoms with E-state index in [0.717, 1.165) is 5.56 Å². The number of benzene rings is 1. The van der Waals surface area contributed by atoms with Gasteiger partial charge in [-0.15, -0.1) is 0 Å². The molecule has 1 aromatic heterocycles. The molecule has 0 atom stereocenters. The summed E-state index contributed by atoms with van der Waals surface area (Å²) in [5.74, 6) is 5.28. The van der Waals surface area contributed by atoms with Gasteiger partial charge in [-0.3, -0.25) is 15.5 Å². The first-order valence-electron chi connectivity index (χ1n) is 5.43. The summed E-state index contributed by atoms with van der Waals surface area (Å²) in [6, 6.07) is 4.48. The van der Waals surface area contributed by atoms with Crippen molar-refractivity contribution in [2.75, 3.05) is 5.43 Å². The zero-order valence-corrected chi connectivity index (χ0v) is 11.1. The first-order valence-corrected chi connectivity index (χ1v) is 5.81. The highest BCUT2D eigenvalue weighted by Crippen LogP contribution is 2.34. The molecule has 0 saturated heterocycles. The van der Waals surface area contributed by atoms with E-state index in [1.165, 1.54) is 18.3 Å². The number of hydrogen-bond acceptors (Lipinski definition) is 7. The Morgan fingerprint density at radius 2 is 2.25 bits per heavy atom. The molecule has 3 N–H and O–H groups in total. The lowest BCUT2D eigenvalue weighted by molar-refractivity contribution is -0.385. The third kappa shape index (κ3) is 2.92. The van der Waals surface area contributed by atoms with E-state index in [2.05, 4.69) is 15.4 Å². The van der Waals surface area contributed by atoms with E-state index in [-0.39, 0.29) is 28.3 Å². The second kappa shape index (κ2) is 5.68. The van der Waals surface area contributed by atoms with Crippen LogP contribution in [0, 0.1) is 17.0 Å². The van der Waals surface area contributed by atoms with E-state index in [0.29, 0.717) is 0 Å². The molecule has 0 saturated carbocycles. The Labute approximate surface area is 118 Å². The Kier molecular flexibility index (Phi) is 3.97. The average molecular weight is 296 g/mol. The number of rotatable bonds is 4. The van der Waals surface area contributed by atoms with E-state index in [9.17, 15) is 10.1 Å². The molecule has 0 aliphatic carbocycles. The van der Waals surface area contributed by atoms with Crippen molar-refractivity contribution < 1.29 is 9.66 Å². The van der Waals surface area contributed by atoms with Crippen LogP contribution in [-0.4, -0.2) is 14.9 Å². The summed E-state index contributed by atoms with van der Waals surface area (Å²) >= 11 is 5.89.